The van der Waals surface area contributed by atoms with Gasteiger partial charge < -0.3 is 4.74 Å². The lowest BCUT2D eigenvalue weighted by Crippen LogP contribution is -2.19. The Kier molecular flexibility index (Phi) is 6.88. The van der Waals surface area contributed by atoms with Gasteiger partial charge in [-0.3, -0.25) is 4.79 Å². The maximum atomic E-state index is 11.8. The number of amides is 1. The van der Waals surface area contributed by atoms with Crippen LogP contribution >= 0.6 is 11.8 Å². The smallest absolute Gasteiger partial charge is 0.250 e. The standard InChI is InChI=1S/C19H22N2O2S/c1-14-7-15(2)9-17(8-14)12-24-13-19(22)21-20-11-16-5-4-6-18(10-16)23-3/h4-11H,12-13H2,1-3H3,(H,21,22)/b20-11-. The minimum Gasteiger partial charge on any atom is -0.497 e. The number of carbonyl (C=O) groups excluding carboxylic acids is 1. The number of ether oxygens (including phenoxy) is 1. The van der Waals surface area contributed by atoms with E-state index in [0.29, 0.717) is 5.75 Å². The Morgan fingerprint density at radius 3 is 2.67 bits per heavy atom. The number of hydrogen-bond acceptors (Lipinski definition) is 4. The maximum absolute atomic E-state index is 11.8. The van der Waals surface area contributed by atoms with E-state index in [0.717, 1.165) is 17.1 Å². The number of thioether (sulfide) groups is 1. The van der Waals surface area contributed by atoms with E-state index in [9.17, 15) is 4.79 Å². The van der Waals surface area contributed by atoms with E-state index in [-0.39, 0.29) is 5.91 Å². The maximum Gasteiger partial charge on any atom is 0.250 e. The van der Waals surface area contributed by atoms with E-state index < -0.39 is 0 Å². The molecule has 0 saturated heterocycles. The van der Waals surface area contributed by atoms with Crippen molar-refractivity contribution in [3.8, 4) is 5.75 Å². The van der Waals surface area contributed by atoms with Gasteiger partial charge in [0.1, 0.15) is 5.75 Å². The van der Waals surface area contributed by atoms with Crippen LogP contribution in [0.15, 0.2) is 47.6 Å². The zero-order valence-corrected chi connectivity index (χ0v) is 15.0. The van der Waals surface area contributed by atoms with Gasteiger partial charge in [-0.15, -0.1) is 11.8 Å². The molecule has 0 spiro atoms. The Labute approximate surface area is 147 Å². The minimum absolute atomic E-state index is 0.108. The highest BCUT2D eigenvalue weighted by molar-refractivity contribution is 7.99. The molecule has 0 fully saturated rings. The number of nitrogens with one attached hydrogen (secondary N) is 1. The van der Waals surface area contributed by atoms with Gasteiger partial charge in [0.2, 0.25) is 5.91 Å². The molecule has 2 aromatic rings. The van der Waals surface area contributed by atoms with Gasteiger partial charge in [-0.05, 0) is 37.1 Å². The molecule has 1 amide bonds. The summed E-state index contributed by atoms with van der Waals surface area (Å²) < 4.78 is 5.14. The lowest BCUT2D eigenvalue weighted by Gasteiger charge is -2.05. The molecule has 0 bridgehead atoms. The Bertz CT molecular complexity index is 709. The summed E-state index contributed by atoms with van der Waals surface area (Å²) in [5.74, 6) is 1.84. The van der Waals surface area contributed by atoms with Crippen LogP contribution in [0.2, 0.25) is 0 Å². The summed E-state index contributed by atoms with van der Waals surface area (Å²) in [7, 11) is 1.62. The molecule has 2 aromatic carbocycles. The van der Waals surface area contributed by atoms with E-state index in [2.05, 4.69) is 42.6 Å². The van der Waals surface area contributed by atoms with Crippen molar-refractivity contribution in [3.05, 3.63) is 64.7 Å². The molecule has 0 aliphatic rings. The summed E-state index contributed by atoms with van der Waals surface area (Å²) in [5, 5.41) is 3.98. The molecule has 0 radical (unpaired) electrons. The predicted octanol–water partition coefficient (Wildman–Crippen LogP) is 3.70. The zero-order valence-electron chi connectivity index (χ0n) is 14.2. The number of aryl methyl sites for hydroxylation is 2. The van der Waals surface area contributed by atoms with Crippen LogP contribution < -0.4 is 10.2 Å². The first kappa shape index (κ1) is 18.1. The van der Waals surface area contributed by atoms with Gasteiger partial charge in [-0.1, -0.05) is 41.5 Å². The second-order valence-corrected chi connectivity index (χ2v) is 6.54. The van der Waals surface area contributed by atoms with Crippen LogP contribution in [-0.4, -0.2) is 25.0 Å². The van der Waals surface area contributed by atoms with Crippen LogP contribution in [0.5, 0.6) is 5.75 Å². The monoisotopic (exact) mass is 342 g/mol. The van der Waals surface area contributed by atoms with E-state index in [1.807, 2.05) is 24.3 Å². The fourth-order valence-electron chi connectivity index (χ4n) is 2.35. The van der Waals surface area contributed by atoms with Crippen LogP contribution in [0, 0.1) is 13.8 Å². The molecule has 126 valence electrons. The first-order valence-electron chi connectivity index (χ1n) is 7.67. The normalized spacial score (nSPS) is 10.8. The van der Waals surface area contributed by atoms with Gasteiger partial charge in [0.15, 0.2) is 0 Å². The van der Waals surface area contributed by atoms with E-state index in [4.69, 9.17) is 4.74 Å². The Morgan fingerprint density at radius 1 is 1.21 bits per heavy atom. The lowest BCUT2D eigenvalue weighted by atomic mass is 10.1. The van der Waals surface area contributed by atoms with E-state index >= 15 is 0 Å². The highest BCUT2D eigenvalue weighted by Crippen LogP contribution is 2.15. The number of hydrogen-bond donors (Lipinski definition) is 1. The van der Waals surface area contributed by atoms with Crippen molar-refractivity contribution in [1.29, 1.82) is 0 Å². The van der Waals surface area contributed by atoms with Gasteiger partial charge in [0, 0.05) is 5.75 Å². The van der Waals surface area contributed by atoms with Crippen LogP contribution in [0.3, 0.4) is 0 Å². The Morgan fingerprint density at radius 2 is 1.96 bits per heavy atom. The molecule has 0 aliphatic carbocycles. The second-order valence-electron chi connectivity index (χ2n) is 5.56. The lowest BCUT2D eigenvalue weighted by molar-refractivity contribution is -0.118. The first-order valence-corrected chi connectivity index (χ1v) is 8.83. The Hall–Kier alpha value is -2.27. The number of methoxy groups -OCH3 is 1. The summed E-state index contributed by atoms with van der Waals surface area (Å²) in [6.45, 7) is 4.17. The topological polar surface area (TPSA) is 50.7 Å². The van der Waals surface area contributed by atoms with Gasteiger partial charge in [0.25, 0.3) is 0 Å². The van der Waals surface area contributed by atoms with Crippen molar-refractivity contribution >= 4 is 23.9 Å². The fourth-order valence-corrected chi connectivity index (χ4v) is 3.10. The molecule has 4 nitrogen and oxygen atoms in total. The SMILES string of the molecule is COc1cccc(/C=N\NC(=O)CSCc2cc(C)cc(C)c2)c1. The number of benzene rings is 2. The molecular weight excluding hydrogens is 320 g/mol. The molecule has 0 aliphatic heterocycles. The molecule has 5 heteroatoms. The number of hydrazone groups is 1. The molecule has 1 N–H and O–H groups in total. The average Bonchev–Trinajstić information content (AvgIpc) is 2.54. The van der Waals surface area contributed by atoms with Crippen molar-refractivity contribution < 1.29 is 9.53 Å². The highest BCUT2D eigenvalue weighted by atomic mass is 32.2. The molecule has 0 saturated carbocycles. The summed E-state index contributed by atoms with van der Waals surface area (Å²) in [5.41, 5.74) is 7.16. The quantitative estimate of drug-likeness (QED) is 0.617. The summed E-state index contributed by atoms with van der Waals surface area (Å²) in [6.07, 6.45) is 1.61. The van der Waals surface area contributed by atoms with Gasteiger partial charge in [-0.25, -0.2) is 5.43 Å². The minimum atomic E-state index is -0.108. The van der Waals surface area contributed by atoms with Crippen LogP contribution in [-0.2, 0) is 10.5 Å². The van der Waals surface area contributed by atoms with Crippen molar-refractivity contribution in [2.75, 3.05) is 12.9 Å². The number of carbonyl (C=O) groups is 1. The molecule has 0 unspecified atom stereocenters. The Balaban J connectivity index is 1.75. The van der Waals surface area contributed by atoms with E-state index in [1.165, 1.54) is 16.7 Å². The zero-order chi connectivity index (χ0) is 17.4. The summed E-state index contributed by atoms with van der Waals surface area (Å²) >= 11 is 1.58. The van der Waals surface area contributed by atoms with Crippen molar-refractivity contribution in [3.63, 3.8) is 0 Å². The second kappa shape index (κ2) is 9.13. The largest absolute Gasteiger partial charge is 0.497 e. The van der Waals surface area contributed by atoms with Crippen molar-refractivity contribution in [2.45, 2.75) is 19.6 Å². The third-order valence-electron chi connectivity index (χ3n) is 3.28. The number of nitrogens with zero attached hydrogens (tertiary/aromatic N) is 1. The number of rotatable bonds is 7. The average molecular weight is 342 g/mol. The van der Waals surface area contributed by atoms with Crippen LogP contribution in [0.1, 0.15) is 22.3 Å². The summed E-state index contributed by atoms with van der Waals surface area (Å²) in [4.78, 5) is 11.8. The molecular formula is C19H22N2O2S. The van der Waals surface area contributed by atoms with Gasteiger partial charge in [0.05, 0.1) is 19.1 Å². The molecule has 0 atom stereocenters. The first-order chi connectivity index (χ1) is 11.6. The third kappa shape index (κ3) is 6.08. The van der Waals surface area contributed by atoms with Gasteiger partial charge >= 0.3 is 0 Å². The van der Waals surface area contributed by atoms with E-state index in [1.54, 1.807) is 25.1 Å². The van der Waals surface area contributed by atoms with Crippen molar-refractivity contribution in [2.24, 2.45) is 5.10 Å². The van der Waals surface area contributed by atoms with Crippen LogP contribution in [0.25, 0.3) is 0 Å². The summed E-state index contributed by atoms with van der Waals surface area (Å²) in [6, 6.07) is 13.9. The van der Waals surface area contributed by atoms with Crippen LogP contribution in [0.4, 0.5) is 0 Å². The third-order valence-corrected chi connectivity index (χ3v) is 4.28. The fraction of sp³-hybridized carbons (Fsp3) is 0.263. The predicted molar refractivity (Wildman–Crippen MR) is 101 cm³/mol. The van der Waals surface area contributed by atoms with Gasteiger partial charge in [-0.2, -0.15) is 5.10 Å². The molecule has 2 rings (SSSR count). The van der Waals surface area contributed by atoms with Crippen molar-refractivity contribution in [1.82, 2.24) is 5.43 Å². The molecule has 24 heavy (non-hydrogen) atoms. The molecule has 0 heterocycles. The highest BCUT2D eigenvalue weighted by Gasteiger charge is 2.02. The molecule has 0 aromatic heterocycles.